The van der Waals surface area contributed by atoms with E-state index in [4.69, 9.17) is 10.5 Å². The minimum absolute atomic E-state index is 0.604. The lowest BCUT2D eigenvalue weighted by Gasteiger charge is -1.98. The van der Waals surface area contributed by atoms with E-state index in [0.717, 1.165) is 4.90 Å². The molecule has 1 aromatic carbocycles. The molecule has 0 unspecified atom stereocenters. The lowest BCUT2D eigenvalue weighted by atomic mass is 10.4. The number of hydrogen-bond donors (Lipinski definition) is 0. The molecule has 0 N–H and O–H groups in total. The van der Waals surface area contributed by atoms with E-state index < -0.39 is 5.25 Å². The molecule has 12 heavy (non-hydrogen) atoms. The second kappa shape index (κ2) is 4.43. The van der Waals surface area contributed by atoms with Crippen molar-refractivity contribution in [1.82, 2.24) is 0 Å². The van der Waals surface area contributed by atoms with Crippen LogP contribution in [0.25, 0.3) is 0 Å². The lowest BCUT2D eigenvalue weighted by Crippen LogP contribution is -1.91. The highest BCUT2D eigenvalue weighted by Gasteiger charge is 2.05. The molecule has 3 heteroatoms. The van der Waals surface area contributed by atoms with Crippen molar-refractivity contribution in [2.45, 2.75) is 10.1 Å². The van der Waals surface area contributed by atoms with Crippen LogP contribution in [0.1, 0.15) is 0 Å². The molecule has 0 fully saturated rings. The first kappa shape index (κ1) is 8.64. The van der Waals surface area contributed by atoms with Crippen LogP contribution in [0.15, 0.2) is 35.2 Å². The van der Waals surface area contributed by atoms with Gasteiger partial charge in [-0.2, -0.15) is 10.5 Å². The highest BCUT2D eigenvalue weighted by atomic mass is 32.2. The maximum Gasteiger partial charge on any atom is 0.182 e. The van der Waals surface area contributed by atoms with Crippen molar-refractivity contribution in [1.29, 1.82) is 10.5 Å². The monoisotopic (exact) mass is 174 g/mol. The Morgan fingerprint density at radius 1 is 1.08 bits per heavy atom. The Kier molecular flexibility index (Phi) is 3.19. The average Bonchev–Trinajstić information content (AvgIpc) is 2.16. The van der Waals surface area contributed by atoms with E-state index in [0.29, 0.717) is 0 Å². The molecule has 0 heterocycles. The van der Waals surface area contributed by atoms with Crippen molar-refractivity contribution in [2.75, 3.05) is 0 Å². The molecule has 1 aromatic rings. The summed E-state index contributed by atoms with van der Waals surface area (Å²) in [5.74, 6) is 0. The summed E-state index contributed by atoms with van der Waals surface area (Å²) in [6.45, 7) is 0. The van der Waals surface area contributed by atoms with Gasteiger partial charge in [0.1, 0.15) is 0 Å². The molecule has 58 valence electrons. The molecule has 0 aliphatic heterocycles. The number of nitriles is 2. The molecule has 0 amide bonds. The topological polar surface area (TPSA) is 47.6 Å². The SMILES string of the molecule is N#CC(C#N)Sc1ccccc1. The van der Waals surface area contributed by atoms with E-state index in [1.165, 1.54) is 11.8 Å². The predicted octanol–water partition coefficient (Wildman–Crippen LogP) is 2.19. The van der Waals surface area contributed by atoms with Crippen molar-refractivity contribution >= 4 is 11.8 Å². The van der Waals surface area contributed by atoms with Crippen LogP contribution in [-0.4, -0.2) is 5.25 Å². The van der Waals surface area contributed by atoms with Crippen LogP contribution in [-0.2, 0) is 0 Å². The molecule has 0 aliphatic carbocycles. The van der Waals surface area contributed by atoms with Crippen LogP contribution >= 0.6 is 11.8 Å². The molecular weight excluding hydrogens is 168 g/mol. The highest BCUT2D eigenvalue weighted by Crippen LogP contribution is 2.21. The van der Waals surface area contributed by atoms with Gasteiger partial charge in [0.2, 0.25) is 0 Å². The summed E-state index contributed by atoms with van der Waals surface area (Å²) >= 11 is 1.27. The van der Waals surface area contributed by atoms with Gasteiger partial charge < -0.3 is 0 Å². The van der Waals surface area contributed by atoms with Gasteiger partial charge in [0, 0.05) is 4.90 Å². The van der Waals surface area contributed by atoms with Gasteiger partial charge in [-0.05, 0) is 12.1 Å². The van der Waals surface area contributed by atoms with Gasteiger partial charge in [-0.3, -0.25) is 0 Å². The first-order chi connectivity index (χ1) is 5.86. The van der Waals surface area contributed by atoms with E-state index >= 15 is 0 Å². The molecule has 0 spiro atoms. The van der Waals surface area contributed by atoms with Gasteiger partial charge in [-0.15, -0.1) is 0 Å². The molecule has 2 nitrogen and oxygen atoms in total. The molecule has 0 saturated carbocycles. The second-order valence-electron chi connectivity index (χ2n) is 2.07. The molecule has 0 aliphatic rings. The minimum atomic E-state index is -0.604. The Labute approximate surface area is 75.4 Å². The molecule has 0 bridgehead atoms. The molecule has 0 radical (unpaired) electrons. The second-order valence-corrected chi connectivity index (χ2v) is 3.25. The van der Waals surface area contributed by atoms with Gasteiger partial charge in [0.05, 0.1) is 12.1 Å². The fourth-order valence-corrected chi connectivity index (χ4v) is 1.41. The number of rotatable bonds is 2. The Morgan fingerprint density at radius 2 is 1.67 bits per heavy atom. The van der Waals surface area contributed by atoms with Gasteiger partial charge in [-0.1, -0.05) is 30.0 Å². The van der Waals surface area contributed by atoms with Gasteiger partial charge in [0.15, 0.2) is 5.25 Å². The molecular formula is C9H6N2S. The predicted molar refractivity (Wildman–Crippen MR) is 47.3 cm³/mol. The molecule has 0 aromatic heterocycles. The molecule has 0 atom stereocenters. The van der Waals surface area contributed by atoms with Crippen molar-refractivity contribution in [3.8, 4) is 12.1 Å². The number of hydrogen-bond acceptors (Lipinski definition) is 3. The minimum Gasteiger partial charge on any atom is -0.196 e. The molecule has 0 saturated heterocycles. The fourth-order valence-electron chi connectivity index (χ4n) is 0.717. The number of nitrogens with zero attached hydrogens (tertiary/aromatic N) is 2. The van der Waals surface area contributed by atoms with E-state index in [-0.39, 0.29) is 0 Å². The number of thioether (sulfide) groups is 1. The van der Waals surface area contributed by atoms with Crippen molar-refractivity contribution < 1.29 is 0 Å². The maximum atomic E-state index is 8.49. The third-order valence-corrected chi connectivity index (χ3v) is 2.22. The zero-order chi connectivity index (χ0) is 8.81. The Balaban J connectivity index is 2.66. The van der Waals surface area contributed by atoms with Crippen molar-refractivity contribution in [3.63, 3.8) is 0 Å². The lowest BCUT2D eigenvalue weighted by molar-refractivity contribution is 1.33. The Morgan fingerprint density at radius 3 is 2.17 bits per heavy atom. The summed E-state index contributed by atoms with van der Waals surface area (Å²) in [7, 11) is 0. The first-order valence-corrected chi connectivity index (χ1v) is 4.25. The standard InChI is InChI=1S/C9H6N2S/c10-6-9(7-11)12-8-4-2-1-3-5-8/h1-5,9H. The summed E-state index contributed by atoms with van der Waals surface area (Å²) in [5, 5.41) is 16.4. The van der Waals surface area contributed by atoms with Crippen LogP contribution in [0.2, 0.25) is 0 Å². The van der Waals surface area contributed by atoms with Gasteiger partial charge >= 0.3 is 0 Å². The quantitative estimate of drug-likeness (QED) is 0.646. The first-order valence-electron chi connectivity index (χ1n) is 3.38. The van der Waals surface area contributed by atoms with Crippen LogP contribution in [0.3, 0.4) is 0 Å². The smallest absolute Gasteiger partial charge is 0.182 e. The van der Waals surface area contributed by atoms with Gasteiger partial charge in [0.25, 0.3) is 0 Å². The summed E-state index contributed by atoms with van der Waals surface area (Å²) < 4.78 is 0. The Bertz CT molecular complexity index is 307. The normalized spacial score (nSPS) is 8.92. The van der Waals surface area contributed by atoms with Crippen molar-refractivity contribution in [2.24, 2.45) is 0 Å². The van der Waals surface area contributed by atoms with Crippen LogP contribution < -0.4 is 0 Å². The highest BCUT2D eigenvalue weighted by molar-refractivity contribution is 8.00. The number of benzene rings is 1. The van der Waals surface area contributed by atoms with E-state index in [1.807, 2.05) is 42.5 Å². The zero-order valence-corrected chi connectivity index (χ0v) is 7.08. The Hall–Kier alpha value is -1.45. The third kappa shape index (κ3) is 2.30. The van der Waals surface area contributed by atoms with Gasteiger partial charge in [-0.25, -0.2) is 0 Å². The van der Waals surface area contributed by atoms with Crippen LogP contribution in [0.5, 0.6) is 0 Å². The third-order valence-electron chi connectivity index (χ3n) is 1.23. The summed E-state index contributed by atoms with van der Waals surface area (Å²) in [6, 6.07) is 13.2. The van der Waals surface area contributed by atoms with Crippen LogP contribution in [0.4, 0.5) is 0 Å². The maximum absolute atomic E-state index is 8.49. The average molecular weight is 174 g/mol. The van der Waals surface area contributed by atoms with Crippen LogP contribution in [0, 0.1) is 22.7 Å². The zero-order valence-electron chi connectivity index (χ0n) is 6.27. The van der Waals surface area contributed by atoms with E-state index in [2.05, 4.69) is 0 Å². The van der Waals surface area contributed by atoms with E-state index in [9.17, 15) is 0 Å². The summed E-state index contributed by atoms with van der Waals surface area (Å²) in [5.41, 5.74) is 0. The largest absolute Gasteiger partial charge is 0.196 e. The summed E-state index contributed by atoms with van der Waals surface area (Å²) in [4.78, 5) is 0.950. The summed E-state index contributed by atoms with van der Waals surface area (Å²) in [6.07, 6.45) is 0. The molecule has 1 rings (SSSR count). The van der Waals surface area contributed by atoms with E-state index in [1.54, 1.807) is 0 Å². The van der Waals surface area contributed by atoms with Crippen molar-refractivity contribution in [3.05, 3.63) is 30.3 Å². The fraction of sp³-hybridized carbons (Fsp3) is 0.111.